The number of para-hydroxylation sites is 2. The Morgan fingerprint density at radius 1 is 0.773 bits per heavy atom. The number of rotatable bonds is 8. The fourth-order valence-corrected chi connectivity index (χ4v) is 6.87. The van der Waals surface area contributed by atoms with Crippen molar-refractivity contribution in [2.75, 3.05) is 36.4 Å². The molecule has 0 saturated carbocycles. The standard InChI is InChI=1S/C33H29FN4O5S/c34-29-12-6-7-13-30(29)36-18-20-38(21-19-36)44(41,42)31-22-37(33(40)28-11-5-4-10-27(28)31)23-32(39)35-24-14-16-26(17-15-24)43-25-8-2-1-3-9-25/h1-17,22H,18-21,23H2,(H,35,39). The lowest BCUT2D eigenvalue weighted by atomic mass is 10.2. The first kappa shape index (κ1) is 29.1. The number of fused-ring (bicyclic) bond motifs is 1. The molecule has 0 radical (unpaired) electrons. The molecule has 0 atom stereocenters. The smallest absolute Gasteiger partial charge is 0.258 e. The van der Waals surface area contributed by atoms with E-state index >= 15 is 0 Å². The van der Waals surface area contributed by atoms with Crippen LogP contribution in [-0.4, -0.2) is 49.4 Å². The highest BCUT2D eigenvalue weighted by Gasteiger charge is 2.31. The van der Waals surface area contributed by atoms with E-state index in [1.165, 1.54) is 16.6 Å². The van der Waals surface area contributed by atoms with Crippen molar-refractivity contribution in [2.45, 2.75) is 11.4 Å². The van der Waals surface area contributed by atoms with E-state index in [1.54, 1.807) is 66.7 Å². The number of ether oxygens (including phenoxy) is 1. The zero-order chi connectivity index (χ0) is 30.7. The van der Waals surface area contributed by atoms with Crippen molar-refractivity contribution >= 4 is 38.1 Å². The van der Waals surface area contributed by atoms with Gasteiger partial charge in [0, 0.05) is 48.8 Å². The van der Waals surface area contributed by atoms with E-state index in [1.807, 2.05) is 35.2 Å². The molecule has 44 heavy (non-hydrogen) atoms. The first-order valence-electron chi connectivity index (χ1n) is 14.0. The molecule has 1 fully saturated rings. The second kappa shape index (κ2) is 12.3. The molecule has 1 saturated heterocycles. The van der Waals surface area contributed by atoms with Gasteiger partial charge in [0.25, 0.3) is 5.56 Å². The van der Waals surface area contributed by atoms with E-state index < -0.39 is 28.0 Å². The number of pyridine rings is 1. The minimum Gasteiger partial charge on any atom is -0.457 e. The molecule has 1 N–H and O–H groups in total. The number of nitrogens with zero attached hydrogens (tertiary/aromatic N) is 3. The largest absolute Gasteiger partial charge is 0.457 e. The molecule has 2 heterocycles. The highest BCUT2D eigenvalue weighted by molar-refractivity contribution is 7.89. The zero-order valence-corrected chi connectivity index (χ0v) is 24.4. The number of halogens is 1. The number of carbonyl (C=O) groups is 1. The molecule has 0 spiro atoms. The monoisotopic (exact) mass is 612 g/mol. The van der Waals surface area contributed by atoms with Crippen LogP contribution in [0.15, 0.2) is 119 Å². The molecule has 1 aliphatic heterocycles. The van der Waals surface area contributed by atoms with E-state index in [-0.39, 0.29) is 34.6 Å². The third-order valence-corrected chi connectivity index (χ3v) is 9.36. The van der Waals surface area contributed by atoms with Crippen LogP contribution in [0.1, 0.15) is 0 Å². The Morgan fingerprint density at radius 2 is 1.39 bits per heavy atom. The van der Waals surface area contributed by atoms with Crippen molar-refractivity contribution in [2.24, 2.45) is 0 Å². The summed E-state index contributed by atoms with van der Waals surface area (Å²) in [6.45, 7) is 0.476. The maximum absolute atomic E-state index is 14.3. The predicted molar refractivity (Wildman–Crippen MR) is 167 cm³/mol. The van der Waals surface area contributed by atoms with Crippen LogP contribution in [0.4, 0.5) is 15.8 Å². The highest BCUT2D eigenvalue weighted by Crippen LogP contribution is 2.27. The van der Waals surface area contributed by atoms with E-state index in [0.717, 1.165) is 4.57 Å². The Morgan fingerprint density at radius 3 is 2.09 bits per heavy atom. The van der Waals surface area contributed by atoms with Crippen LogP contribution < -0.4 is 20.5 Å². The van der Waals surface area contributed by atoms with Gasteiger partial charge in [-0.2, -0.15) is 4.31 Å². The quantitative estimate of drug-likeness (QED) is 0.262. The van der Waals surface area contributed by atoms with Crippen molar-refractivity contribution in [1.29, 1.82) is 0 Å². The van der Waals surface area contributed by atoms with E-state index in [4.69, 9.17) is 4.74 Å². The molecule has 11 heteroatoms. The third-order valence-electron chi connectivity index (χ3n) is 7.44. The summed E-state index contributed by atoms with van der Waals surface area (Å²) in [4.78, 5) is 28.1. The van der Waals surface area contributed by atoms with Crippen LogP contribution in [0, 0.1) is 5.82 Å². The average molecular weight is 613 g/mol. The maximum atomic E-state index is 14.3. The van der Waals surface area contributed by atoms with Crippen LogP contribution in [0.25, 0.3) is 10.8 Å². The summed E-state index contributed by atoms with van der Waals surface area (Å²) in [5.41, 5.74) is 0.434. The van der Waals surface area contributed by atoms with Gasteiger partial charge in [0.1, 0.15) is 28.8 Å². The van der Waals surface area contributed by atoms with E-state index in [2.05, 4.69) is 5.32 Å². The number of hydrogen-bond donors (Lipinski definition) is 1. The molecule has 0 bridgehead atoms. The Kier molecular flexibility index (Phi) is 8.14. The molecule has 5 aromatic rings. The molecule has 0 unspecified atom stereocenters. The average Bonchev–Trinajstić information content (AvgIpc) is 3.04. The summed E-state index contributed by atoms with van der Waals surface area (Å²) < 4.78 is 50.4. The number of carbonyl (C=O) groups excluding carboxylic acids is 1. The molecule has 224 valence electrons. The number of sulfonamides is 1. The zero-order valence-electron chi connectivity index (χ0n) is 23.6. The lowest BCUT2D eigenvalue weighted by Gasteiger charge is -2.35. The Balaban J connectivity index is 1.21. The third kappa shape index (κ3) is 6.05. The van der Waals surface area contributed by atoms with Crippen molar-refractivity contribution in [3.05, 3.63) is 125 Å². The number of aromatic nitrogens is 1. The number of nitrogens with one attached hydrogen (secondary N) is 1. The normalized spacial score (nSPS) is 14.0. The molecular weight excluding hydrogens is 583 g/mol. The second-order valence-electron chi connectivity index (χ2n) is 10.3. The van der Waals surface area contributed by atoms with Gasteiger partial charge in [0.05, 0.1) is 5.69 Å². The minimum absolute atomic E-state index is 0.0674. The molecule has 0 aliphatic carbocycles. The fraction of sp³-hybridized carbons (Fsp3) is 0.152. The van der Waals surface area contributed by atoms with Crippen LogP contribution in [0.5, 0.6) is 11.5 Å². The number of benzene rings is 4. The van der Waals surface area contributed by atoms with Gasteiger partial charge in [-0.05, 0) is 54.6 Å². The molecular formula is C33H29FN4O5S. The number of piperazine rings is 1. The van der Waals surface area contributed by atoms with Gasteiger partial charge in [-0.15, -0.1) is 0 Å². The SMILES string of the molecule is O=C(Cn1cc(S(=O)(=O)N2CCN(c3ccccc3F)CC2)c2ccccc2c1=O)Nc1ccc(Oc2ccccc2)cc1. The summed E-state index contributed by atoms with van der Waals surface area (Å²) in [5.74, 6) is 0.403. The number of amides is 1. The van der Waals surface area contributed by atoms with Gasteiger partial charge in [-0.1, -0.05) is 48.5 Å². The van der Waals surface area contributed by atoms with Gasteiger partial charge in [0.2, 0.25) is 15.9 Å². The molecule has 1 amide bonds. The van der Waals surface area contributed by atoms with Gasteiger partial charge in [0.15, 0.2) is 0 Å². The van der Waals surface area contributed by atoms with Crippen LogP contribution >= 0.6 is 0 Å². The van der Waals surface area contributed by atoms with Gasteiger partial charge in [-0.25, -0.2) is 12.8 Å². The topological polar surface area (TPSA) is 101 Å². The van der Waals surface area contributed by atoms with Crippen LogP contribution in [0.3, 0.4) is 0 Å². The van der Waals surface area contributed by atoms with Crippen molar-refractivity contribution in [3.63, 3.8) is 0 Å². The summed E-state index contributed by atoms with van der Waals surface area (Å²) in [5, 5.41) is 3.22. The van der Waals surface area contributed by atoms with Crippen molar-refractivity contribution in [1.82, 2.24) is 8.87 Å². The fourth-order valence-electron chi connectivity index (χ4n) is 5.23. The highest BCUT2D eigenvalue weighted by atomic mass is 32.2. The molecule has 4 aromatic carbocycles. The van der Waals surface area contributed by atoms with Gasteiger partial charge < -0.3 is 19.5 Å². The predicted octanol–water partition coefficient (Wildman–Crippen LogP) is 5.08. The Bertz CT molecular complexity index is 1970. The van der Waals surface area contributed by atoms with Gasteiger partial charge >= 0.3 is 0 Å². The molecule has 6 rings (SSSR count). The lowest BCUT2D eigenvalue weighted by molar-refractivity contribution is -0.116. The first-order valence-corrected chi connectivity index (χ1v) is 15.5. The number of hydrogen-bond acceptors (Lipinski definition) is 6. The van der Waals surface area contributed by atoms with Crippen LogP contribution in [0.2, 0.25) is 0 Å². The summed E-state index contributed by atoms with van der Waals surface area (Å²) in [7, 11) is -4.06. The molecule has 1 aliphatic rings. The first-order chi connectivity index (χ1) is 21.3. The van der Waals surface area contributed by atoms with Crippen molar-refractivity contribution in [3.8, 4) is 11.5 Å². The maximum Gasteiger partial charge on any atom is 0.258 e. The van der Waals surface area contributed by atoms with E-state index in [9.17, 15) is 22.4 Å². The lowest BCUT2D eigenvalue weighted by Crippen LogP contribution is -2.49. The summed E-state index contributed by atoms with van der Waals surface area (Å²) in [6.07, 6.45) is 1.24. The van der Waals surface area contributed by atoms with Gasteiger partial charge in [-0.3, -0.25) is 9.59 Å². The van der Waals surface area contributed by atoms with Crippen molar-refractivity contribution < 1.29 is 22.3 Å². The van der Waals surface area contributed by atoms with E-state index in [0.29, 0.717) is 36.0 Å². The number of anilines is 2. The van der Waals surface area contributed by atoms with Crippen LogP contribution in [-0.2, 0) is 21.4 Å². The summed E-state index contributed by atoms with van der Waals surface area (Å²) >= 11 is 0. The summed E-state index contributed by atoms with van der Waals surface area (Å²) in [6, 6.07) is 28.9. The Labute approximate surface area is 253 Å². The second-order valence-corrected chi connectivity index (χ2v) is 12.2. The minimum atomic E-state index is -4.06. The molecule has 9 nitrogen and oxygen atoms in total. The molecule has 1 aromatic heterocycles. The Hall–Kier alpha value is -5.00.